The van der Waals surface area contributed by atoms with Crippen LogP contribution in [0.25, 0.3) is 0 Å². The van der Waals surface area contributed by atoms with Gasteiger partial charge in [0, 0.05) is 7.11 Å². The van der Waals surface area contributed by atoms with Gasteiger partial charge in [0.25, 0.3) is 0 Å². The number of aryl methyl sites for hydroxylation is 1. The highest BCUT2D eigenvalue weighted by Crippen LogP contribution is 2.15. The number of rotatable bonds is 23. The summed E-state index contributed by atoms with van der Waals surface area (Å²) in [6.45, 7) is 3.86. The van der Waals surface area contributed by atoms with Crippen molar-refractivity contribution in [2.24, 2.45) is 0 Å². The second-order valence-electron chi connectivity index (χ2n) is 9.03. The predicted molar refractivity (Wildman–Crippen MR) is 141 cm³/mol. The van der Waals surface area contributed by atoms with Crippen molar-refractivity contribution in [3.63, 3.8) is 0 Å². The van der Waals surface area contributed by atoms with Crippen molar-refractivity contribution < 1.29 is 19.0 Å². The third-order valence-electron chi connectivity index (χ3n) is 5.97. The fourth-order valence-corrected chi connectivity index (χ4v) is 3.88. The summed E-state index contributed by atoms with van der Waals surface area (Å²) in [5.74, 6) is 0. The van der Waals surface area contributed by atoms with Crippen LogP contribution in [0.4, 0.5) is 10.5 Å². The van der Waals surface area contributed by atoms with Gasteiger partial charge < -0.3 is 14.2 Å². The first-order valence-electron chi connectivity index (χ1n) is 13.6. The zero-order chi connectivity index (χ0) is 24.5. The molecule has 0 radical (unpaired) electrons. The third kappa shape index (κ3) is 18.6. The number of hydrazine groups is 1. The monoisotopic (exact) mass is 478 g/mol. The van der Waals surface area contributed by atoms with Crippen LogP contribution in [0, 0.1) is 0 Å². The van der Waals surface area contributed by atoms with Crippen molar-refractivity contribution in [3.05, 3.63) is 29.8 Å². The molecule has 6 nitrogen and oxygen atoms in total. The van der Waals surface area contributed by atoms with E-state index < -0.39 is 6.09 Å². The minimum absolute atomic E-state index is 0.204. The molecule has 0 aliphatic carbocycles. The number of methoxy groups -OCH3 is 1. The molecule has 34 heavy (non-hydrogen) atoms. The van der Waals surface area contributed by atoms with Gasteiger partial charge in [-0.05, 0) is 30.5 Å². The zero-order valence-corrected chi connectivity index (χ0v) is 21.9. The summed E-state index contributed by atoms with van der Waals surface area (Å²) >= 11 is 0. The smallest absolute Gasteiger partial charge is 0.426 e. The molecule has 0 aliphatic rings. The highest BCUT2D eigenvalue weighted by Gasteiger charge is 2.02. The number of hydrogen-bond acceptors (Lipinski definition) is 5. The number of carbonyl (C=O) groups is 1. The van der Waals surface area contributed by atoms with Gasteiger partial charge in [-0.1, -0.05) is 103 Å². The Morgan fingerprint density at radius 2 is 1.24 bits per heavy atom. The molecule has 0 aliphatic heterocycles. The van der Waals surface area contributed by atoms with Gasteiger partial charge in [-0.3, -0.25) is 5.43 Å². The molecule has 1 aromatic rings. The second-order valence-corrected chi connectivity index (χ2v) is 9.03. The highest BCUT2D eigenvalue weighted by atomic mass is 16.6. The van der Waals surface area contributed by atoms with Crippen LogP contribution in [0.2, 0.25) is 0 Å². The quantitative estimate of drug-likeness (QED) is 0.126. The normalized spacial score (nSPS) is 10.9. The Morgan fingerprint density at radius 3 is 1.79 bits per heavy atom. The third-order valence-corrected chi connectivity index (χ3v) is 5.97. The Bertz CT molecular complexity index is 580. The largest absolute Gasteiger partial charge is 0.446 e. The molecule has 196 valence electrons. The Balaban J connectivity index is 1.93. The first-order valence-corrected chi connectivity index (χ1v) is 13.6. The molecule has 0 fully saturated rings. The molecule has 1 amide bonds. The number of amides is 1. The number of nitrogens with one attached hydrogen (secondary N) is 2. The molecule has 6 heteroatoms. The van der Waals surface area contributed by atoms with E-state index in [-0.39, 0.29) is 6.61 Å². The van der Waals surface area contributed by atoms with Crippen LogP contribution in [0.1, 0.15) is 102 Å². The topological polar surface area (TPSA) is 68.8 Å². The van der Waals surface area contributed by atoms with Gasteiger partial charge in [-0.2, -0.15) is 0 Å². The van der Waals surface area contributed by atoms with Crippen LogP contribution in [0.15, 0.2) is 24.3 Å². The zero-order valence-electron chi connectivity index (χ0n) is 21.9. The fourth-order valence-electron chi connectivity index (χ4n) is 3.88. The van der Waals surface area contributed by atoms with Gasteiger partial charge in [0.1, 0.15) is 6.61 Å². The average molecular weight is 479 g/mol. The predicted octanol–water partition coefficient (Wildman–Crippen LogP) is 7.43. The summed E-state index contributed by atoms with van der Waals surface area (Å²) in [7, 11) is 1.62. The van der Waals surface area contributed by atoms with Crippen LogP contribution in [0.3, 0.4) is 0 Å². The lowest BCUT2D eigenvalue weighted by Gasteiger charge is -2.10. The molecule has 2 N–H and O–H groups in total. The van der Waals surface area contributed by atoms with Crippen molar-refractivity contribution in [2.45, 2.75) is 103 Å². The summed E-state index contributed by atoms with van der Waals surface area (Å²) in [4.78, 5) is 11.7. The second kappa shape index (κ2) is 23.0. The van der Waals surface area contributed by atoms with Gasteiger partial charge in [-0.25, -0.2) is 10.2 Å². The summed E-state index contributed by atoms with van der Waals surface area (Å²) < 4.78 is 15.1. The standard InChI is InChI=1S/C28H50N2O4/c1-3-4-5-6-7-8-9-10-11-12-13-14-15-16-17-26-18-20-27(21-19-26)29-30-28(31)34-25-24-33-23-22-32-2/h18-21,29H,3-17,22-25H2,1-2H3,(H,30,31). The van der Waals surface area contributed by atoms with Crippen molar-refractivity contribution >= 4 is 11.8 Å². The van der Waals surface area contributed by atoms with Gasteiger partial charge in [0.05, 0.1) is 25.5 Å². The van der Waals surface area contributed by atoms with Crippen molar-refractivity contribution in [1.82, 2.24) is 5.43 Å². The first kappa shape index (κ1) is 30.2. The van der Waals surface area contributed by atoms with Crippen LogP contribution in [0.5, 0.6) is 0 Å². The van der Waals surface area contributed by atoms with Crippen LogP contribution >= 0.6 is 0 Å². The molecule has 0 bridgehead atoms. The number of ether oxygens (including phenoxy) is 3. The number of carbonyl (C=O) groups excluding carboxylic acids is 1. The van der Waals surface area contributed by atoms with E-state index in [0.29, 0.717) is 19.8 Å². The maximum absolute atomic E-state index is 11.7. The number of anilines is 1. The molecular weight excluding hydrogens is 428 g/mol. The Labute approximate surface area is 208 Å². The molecule has 0 spiro atoms. The Hall–Kier alpha value is -1.79. The van der Waals surface area contributed by atoms with Gasteiger partial charge in [0.15, 0.2) is 0 Å². The lowest BCUT2D eigenvalue weighted by molar-refractivity contribution is 0.0425. The van der Waals surface area contributed by atoms with E-state index in [0.717, 1.165) is 12.1 Å². The molecule has 0 unspecified atom stereocenters. The van der Waals surface area contributed by atoms with Crippen molar-refractivity contribution in [3.8, 4) is 0 Å². The summed E-state index contributed by atoms with van der Waals surface area (Å²) in [5, 5.41) is 0. The van der Waals surface area contributed by atoms with E-state index in [4.69, 9.17) is 14.2 Å². The molecule has 0 saturated carbocycles. The molecule has 1 rings (SSSR count). The molecule has 0 atom stereocenters. The maximum atomic E-state index is 11.7. The number of benzene rings is 1. The summed E-state index contributed by atoms with van der Waals surface area (Å²) in [6.07, 6.45) is 20.0. The lowest BCUT2D eigenvalue weighted by Crippen LogP contribution is -2.30. The minimum atomic E-state index is -0.526. The van der Waals surface area contributed by atoms with E-state index in [1.165, 1.54) is 95.5 Å². The summed E-state index contributed by atoms with van der Waals surface area (Å²) in [6, 6.07) is 8.18. The first-order chi connectivity index (χ1) is 16.8. The Kier molecular flexibility index (Phi) is 20.4. The molecule has 1 aromatic carbocycles. The fraction of sp³-hybridized carbons (Fsp3) is 0.750. The van der Waals surface area contributed by atoms with Crippen molar-refractivity contribution in [2.75, 3.05) is 39.0 Å². The van der Waals surface area contributed by atoms with Gasteiger partial charge in [0.2, 0.25) is 0 Å². The number of hydrogen-bond donors (Lipinski definition) is 2. The van der Waals surface area contributed by atoms with Crippen LogP contribution in [-0.2, 0) is 20.6 Å². The average Bonchev–Trinajstić information content (AvgIpc) is 2.85. The summed E-state index contributed by atoms with van der Waals surface area (Å²) in [5.41, 5.74) is 7.56. The molecular formula is C28H50N2O4. The number of unbranched alkanes of at least 4 members (excludes halogenated alkanes) is 13. The lowest BCUT2D eigenvalue weighted by atomic mass is 10.0. The molecule has 0 saturated heterocycles. The maximum Gasteiger partial charge on any atom is 0.426 e. The van der Waals surface area contributed by atoms with Crippen molar-refractivity contribution in [1.29, 1.82) is 0 Å². The van der Waals surface area contributed by atoms with E-state index in [2.05, 4.69) is 29.9 Å². The molecule has 0 aromatic heterocycles. The molecule has 0 heterocycles. The van der Waals surface area contributed by atoms with Gasteiger partial charge >= 0.3 is 6.09 Å². The van der Waals surface area contributed by atoms with Gasteiger partial charge in [-0.15, -0.1) is 0 Å². The van der Waals surface area contributed by atoms with E-state index in [9.17, 15) is 4.79 Å². The van der Waals surface area contributed by atoms with E-state index >= 15 is 0 Å². The van der Waals surface area contributed by atoms with E-state index in [1.54, 1.807) is 7.11 Å². The highest BCUT2D eigenvalue weighted by molar-refractivity contribution is 5.69. The Morgan fingerprint density at radius 1 is 0.706 bits per heavy atom. The minimum Gasteiger partial charge on any atom is -0.446 e. The van der Waals surface area contributed by atoms with Crippen LogP contribution in [-0.4, -0.2) is 39.6 Å². The van der Waals surface area contributed by atoms with E-state index in [1.807, 2.05) is 12.1 Å². The van der Waals surface area contributed by atoms with Crippen LogP contribution < -0.4 is 10.9 Å². The SMILES string of the molecule is CCCCCCCCCCCCCCCCc1ccc(NNC(=O)OCCOCCOC)cc1.